The van der Waals surface area contributed by atoms with Crippen LogP contribution in [0.3, 0.4) is 0 Å². The van der Waals surface area contributed by atoms with Crippen molar-refractivity contribution in [3.8, 4) is 5.75 Å². The number of hydrogen-bond donors (Lipinski definition) is 1. The smallest absolute Gasteiger partial charge is 0.169 e. The van der Waals surface area contributed by atoms with E-state index in [1.165, 1.54) is 19.3 Å². The zero-order chi connectivity index (χ0) is 11.4. The molecule has 0 atom stereocenters. The Hall–Kier alpha value is -0.940. The lowest BCUT2D eigenvalue weighted by molar-refractivity contribution is 0.402. The van der Waals surface area contributed by atoms with Gasteiger partial charge in [-0.25, -0.2) is 8.78 Å². The number of nitrogens with two attached hydrogens (primary N) is 1. The fourth-order valence-electron chi connectivity index (χ4n) is 1.14. The van der Waals surface area contributed by atoms with Crippen LogP contribution in [0.25, 0.3) is 6.08 Å². The summed E-state index contributed by atoms with van der Waals surface area (Å²) < 4.78 is 31.8. The van der Waals surface area contributed by atoms with Gasteiger partial charge in [0.25, 0.3) is 0 Å². The topological polar surface area (TPSA) is 35.2 Å². The van der Waals surface area contributed by atoms with Gasteiger partial charge in [0.2, 0.25) is 0 Å². The van der Waals surface area contributed by atoms with E-state index in [-0.39, 0.29) is 17.9 Å². The van der Waals surface area contributed by atoms with Gasteiger partial charge in [-0.05, 0) is 22.0 Å². The largest absolute Gasteiger partial charge is 0.495 e. The maximum absolute atomic E-state index is 13.4. The molecule has 2 nitrogen and oxygen atoms in total. The van der Waals surface area contributed by atoms with Crippen LogP contribution in [0.15, 0.2) is 16.6 Å². The zero-order valence-electron chi connectivity index (χ0n) is 8.06. The van der Waals surface area contributed by atoms with E-state index in [1.807, 2.05) is 0 Å². The van der Waals surface area contributed by atoms with Crippen molar-refractivity contribution in [1.82, 2.24) is 0 Å². The van der Waals surface area contributed by atoms with E-state index in [1.54, 1.807) is 0 Å². The summed E-state index contributed by atoms with van der Waals surface area (Å²) in [5, 5.41) is 0. The minimum absolute atomic E-state index is 0.0508. The molecular formula is C10H10BrF2NO. The quantitative estimate of drug-likeness (QED) is 0.863. The monoisotopic (exact) mass is 277 g/mol. The Labute approximate surface area is 94.9 Å². The Kier molecular flexibility index (Phi) is 4.23. The molecule has 0 radical (unpaired) electrons. The van der Waals surface area contributed by atoms with Gasteiger partial charge in [-0.2, -0.15) is 0 Å². The summed E-state index contributed by atoms with van der Waals surface area (Å²) in [5.41, 5.74) is 5.29. The molecule has 0 amide bonds. The molecule has 0 saturated heterocycles. The number of halogens is 3. The van der Waals surface area contributed by atoms with Crippen LogP contribution < -0.4 is 10.5 Å². The van der Waals surface area contributed by atoms with Crippen molar-refractivity contribution >= 4 is 22.0 Å². The molecule has 1 aromatic rings. The summed E-state index contributed by atoms with van der Waals surface area (Å²) in [7, 11) is 1.39. The van der Waals surface area contributed by atoms with Crippen LogP contribution in [0.5, 0.6) is 5.75 Å². The minimum atomic E-state index is -0.945. The maximum atomic E-state index is 13.4. The number of rotatable bonds is 3. The zero-order valence-corrected chi connectivity index (χ0v) is 9.64. The Morgan fingerprint density at radius 2 is 2.20 bits per heavy atom. The second-order valence-electron chi connectivity index (χ2n) is 2.74. The average molecular weight is 278 g/mol. The van der Waals surface area contributed by atoms with Crippen LogP contribution in [-0.2, 0) is 0 Å². The van der Waals surface area contributed by atoms with Gasteiger partial charge in [-0.1, -0.05) is 12.2 Å². The third-order valence-electron chi connectivity index (χ3n) is 1.79. The van der Waals surface area contributed by atoms with Crippen LogP contribution in [0.2, 0.25) is 0 Å². The van der Waals surface area contributed by atoms with E-state index in [9.17, 15) is 8.78 Å². The number of benzene rings is 1. The first-order valence-corrected chi connectivity index (χ1v) is 4.99. The van der Waals surface area contributed by atoms with Crippen LogP contribution in [0, 0.1) is 11.6 Å². The number of ether oxygens (including phenoxy) is 1. The highest BCUT2D eigenvalue weighted by Crippen LogP contribution is 2.33. The van der Waals surface area contributed by atoms with Crippen LogP contribution in [0.1, 0.15) is 5.56 Å². The molecule has 82 valence electrons. The fourth-order valence-corrected chi connectivity index (χ4v) is 1.72. The summed E-state index contributed by atoms with van der Waals surface area (Å²) in [6, 6.07) is 1.02. The first-order chi connectivity index (χ1) is 7.11. The second-order valence-corrected chi connectivity index (χ2v) is 3.59. The van der Waals surface area contributed by atoms with Gasteiger partial charge in [0.1, 0.15) is 5.75 Å². The number of hydrogen-bond acceptors (Lipinski definition) is 2. The molecule has 0 unspecified atom stereocenters. The normalized spacial score (nSPS) is 11.0. The predicted octanol–water partition coefficient (Wildman–Crippen LogP) is 2.71. The van der Waals surface area contributed by atoms with E-state index in [4.69, 9.17) is 10.5 Å². The molecule has 1 rings (SSSR count). The van der Waals surface area contributed by atoms with Gasteiger partial charge in [0, 0.05) is 6.54 Å². The van der Waals surface area contributed by atoms with Crippen LogP contribution in [0.4, 0.5) is 8.78 Å². The van der Waals surface area contributed by atoms with Gasteiger partial charge < -0.3 is 10.5 Å². The summed E-state index contributed by atoms with van der Waals surface area (Å²) in [5.74, 6) is -1.63. The van der Waals surface area contributed by atoms with E-state index in [0.29, 0.717) is 4.47 Å². The SMILES string of the molecule is COc1c(Br)cc(F)c(F)c1/C=C/CN. The van der Waals surface area contributed by atoms with Gasteiger partial charge in [-0.15, -0.1) is 0 Å². The molecule has 0 aliphatic rings. The molecule has 1 aromatic carbocycles. The Morgan fingerprint density at radius 3 is 2.73 bits per heavy atom. The molecule has 0 saturated carbocycles. The van der Waals surface area contributed by atoms with Crippen molar-refractivity contribution < 1.29 is 13.5 Å². The van der Waals surface area contributed by atoms with E-state index in [2.05, 4.69) is 15.9 Å². The lowest BCUT2D eigenvalue weighted by atomic mass is 10.1. The molecule has 0 aliphatic heterocycles. The van der Waals surface area contributed by atoms with Gasteiger partial charge in [-0.3, -0.25) is 0 Å². The predicted molar refractivity (Wildman–Crippen MR) is 58.7 cm³/mol. The highest BCUT2D eigenvalue weighted by atomic mass is 79.9. The van der Waals surface area contributed by atoms with E-state index >= 15 is 0 Å². The Morgan fingerprint density at radius 1 is 1.53 bits per heavy atom. The van der Waals surface area contributed by atoms with E-state index in [0.717, 1.165) is 6.07 Å². The minimum Gasteiger partial charge on any atom is -0.495 e. The molecule has 0 aromatic heterocycles. The van der Waals surface area contributed by atoms with Crippen molar-refractivity contribution in [1.29, 1.82) is 0 Å². The molecular weight excluding hydrogens is 268 g/mol. The van der Waals surface area contributed by atoms with Crippen molar-refractivity contribution in [2.24, 2.45) is 5.73 Å². The highest BCUT2D eigenvalue weighted by Gasteiger charge is 2.15. The first kappa shape index (κ1) is 12.1. The molecule has 0 fully saturated rings. The second kappa shape index (κ2) is 5.23. The number of methoxy groups -OCH3 is 1. The van der Waals surface area contributed by atoms with Gasteiger partial charge in [0.15, 0.2) is 11.6 Å². The van der Waals surface area contributed by atoms with Crippen molar-refractivity contribution in [3.05, 3.63) is 33.8 Å². The fraction of sp³-hybridized carbons (Fsp3) is 0.200. The molecule has 2 N–H and O–H groups in total. The highest BCUT2D eigenvalue weighted by molar-refractivity contribution is 9.10. The molecule has 0 spiro atoms. The third kappa shape index (κ3) is 2.54. The summed E-state index contributed by atoms with van der Waals surface area (Å²) >= 11 is 3.09. The average Bonchev–Trinajstić information content (AvgIpc) is 2.21. The molecule has 0 heterocycles. The van der Waals surface area contributed by atoms with Crippen molar-refractivity contribution in [2.75, 3.05) is 13.7 Å². The van der Waals surface area contributed by atoms with Crippen molar-refractivity contribution in [3.63, 3.8) is 0 Å². The lowest BCUT2D eigenvalue weighted by Gasteiger charge is -2.09. The van der Waals surface area contributed by atoms with Gasteiger partial charge >= 0.3 is 0 Å². The van der Waals surface area contributed by atoms with Gasteiger partial charge in [0.05, 0.1) is 17.1 Å². The van der Waals surface area contributed by atoms with E-state index < -0.39 is 11.6 Å². The molecule has 0 bridgehead atoms. The summed E-state index contributed by atoms with van der Waals surface area (Å²) in [6.45, 7) is 0.247. The first-order valence-electron chi connectivity index (χ1n) is 4.20. The Bertz CT molecular complexity index is 393. The van der Waals surface area contributed by atoms with Crippen LogP contribution >= 0.6 is 15.9 Å². The van der Waals surface area contributed by atoms with Crippen molar-refractivity contribution in [2.45, 2.75) is 0 Å². The third-order valence-corrected chi connectivity index (χ3v) is 2.37. The standard InChI is InChI=1S/C10H10BrF2NO/c1-15-10-6(3-2-4-14)9(13)8(12)5-7(10)11/h2-3,5H,4,14H2,1H3/b3-2+. The molecule has 0 aliphatic carbocycles. The maximum Gasteiger partial charge on any atom is 0.169 e. The molecule has 15 heavy (non-hydrogen) atoms. The molecule has 5 heteroatoms. The lowest BCUT2D eigenvalue weighted by Crippen LogP contribution is -1.97. The summed E-state index contributed by atoms with van der Waals surface area (Å²) in [6.07, 6.45) is 2.91. The summed E-state index contributed by atoms with van der Waals surface area (Å²) in [4.78, 5) is 0. The Balaban J connectivity index is 3.36. The van der Waals surface area contributed by atoms with Crippen LogP contribution in [-0.4, -0.2) is 13.7 Å².